The molecule has 260 valence electrons. The van der Waals surface area contributed by atoms with Gasteiger partial charge in [-0.05, 0) is 61.4 Å². The van der Waals surface area contributed by atoms with Gasteiger partial charge in [-0.3, -0.25) is 29.0 Å². The van der Waals surface area contributed by atoms with Crippen molar-refractivity contribution in [3.63, 3.8) is 0 Å². The second-order valence-corrected chi connectivity index (χ2v) is 10.7. The van der Waals surface area contributed by atoms with E-state index in [4.69, 9.17) is 10.8 Å². The largest absolute Gasteiger partial charge is 0.481 e. The third-order valence-corrected chi connectivity index (χ3v) is 7.05. The monoisotopic (exact) mass is 689 g/mol. The van der Waals surface area contributed by atoms with Gasteiger partial charge >= 0.3 is 17.9 Å². The summed E-state index contributed by atoms with van der Waals surface area (Å²) in [6.45, 7) is 0.185. The molecule has 0 radical (unpaired) electrons. The van der Waals surface area contributed by atoms with Gasteiger partial charge in [0.25, 0.3) is 17.4 Å². The summed E-state index contributed by atoms with van der Waals surface area (Å²) in [6.07, 6.45) is 0.155. The minimum absolute atomic E-state index is 0.0263. The van der Waals surface area contributed by atoms with E-state index in [1.54, 1.807) is 12.1 Å². The summed E-state index contributed by atoms with van der Waals surface area (Å²) in [5, 5.41) is 37.9. The van der Waals surface area contributed by atoms with E-state index in [0.29, 0.717) is 11.4 Å². The first-order valence-corrected chi connectivity index (χ1v) is 14.8. The summed E-state index contributed by atoms with van der Waals surface area (Å²) in [6, 6.07) is 8.68. The van der Waals surface area contributed by atoms with Crippen molar-refractivity contribution in [3.05, 3.63) is 81.9 Å². The van der Waals surface area contributed by atoms with Gasteiger partial charge in [0.05, 0.1) is 18.4 Å². The number of carbonyl (C=O) groups is 6. The molecule has 4 rings (SSSR count). The number of carboxylic acid groups (broad SMARTS) is 3. The number of rotatable bonds is 16. The first-order chi connectivity index (χ1) is 23.8. The summed E-state index contributed by atoms with van der Waals surface area (Å²) in [7, 11) is 0. The number of nitrogen functional groups attached to an aromatic ring is 1. The first kappa shape index (κ1) is 35.9. The summed E-state index contributed by atoms with van der Waals surface area (Å²) in [4.78, 5) is 98.2. The molecule has 2 heterocycles. The number of aromatic nitrogens is 4. The molecule has 19 heteroatoms. The highest BCUT2D eigenvalue weighted by atomic mass is 16.4. The van der Waals surface area contributed by atoms with Gasteiger partial charge in [-0.1, -0.05) is 0 Å². The number of carbonyl (C=O) groups excluding carboxylic acids is 3. The number of carboxylic acids is 3. The molecule has 19 nitrogen and oxygen atoms in total. The predicted octanol–water partition coefficient (Wildman–Crippen LogP) is 0.557. The van der Waals surface area contributed by atoms with Crippen molar-refractivity contribution in [2.75, 3.05) is 16.4 Å². The molecule has 0 spiro atoms. The topological polar surface area (TPSA) is 309 Å². The van der Waals surface area contributed by atoms with Crippen molar-refractivity contribution >= 4 is 64.1 Å². The molecule has 0 aliphatic rings. The highest BCUT2D eigenvalue weighted by Gasteiger charge is 2.23. The minimum atomic E-state index is -1.41. The minimum Gasteiger partial charge on any atom is -0.481 e. The number of amides is 3. The van der Waals surface area contributed by atoms with Crippen LogP contribution in [0.25, 0.3) is 11.2 Å². The van der Waals surface area contributed by atoms with Gasteiger partial charge in [-0.25, -0.2) is 19.6 Å². The highest BCUT2D eigenvalue weighted by Crippen LogP contribution is 2.14. The molecular formula is C31H31N9O10. The molecular weight excluding hydrogens is 658 g/mol. The Balaban J connectivity index is 1.25. The molecule has 50 heavy (non-hydrogen) atoms. The van der Waals surface area contributed by atoms with Crippen LogP contribution in [0.1, 0.15) is 52.1 Å². The Morgan fingerprint density at radius 1 is 0.760 bits per heavy atom. The van der Waals surface area contributed by atoms with E-state index < -0.39 is 59.7 Å². The number of aliphatic carboxylic acids is 3. The molecule has 4 aromatic rings. The Labute approximate surface area is 281 Å². The quantitative estimate of drug-likeness (QED) is 0.0776. The number of hydrogen-bond acceptors (Lipinski definition) is 12. The molecule has 0 saturated carbocycles. The van der Waals surface area contributed by atoms with Gasteiger partial charge in [-0.15, -0.1) is 0 Å². The van der Waals surface area contributed by atoms with Crippen LogP contribution in [-0.4, -0.2) is 83.0 Å². The lowest BCUT2D eigenvalue weighted by molar-refractivity contribution is -0.141. The maximum absolute atomic E-state index is 12.8. The number of anilines is 3. The molecule has 2 atom stereocenters. The third-order valence-electron chi connectivity index (χ3n) is 7.05. The van der Waals surface area contributed by atoms with Crippen LogP contribution in [0.4, 0.5) is 17.3 Å². The van der Waals surface area contributed by atoms with Crippen LogP contribution in [0.3, 0.4) is 0 Å². The summed E-state index contributed by atoms with van der Waals surface area (Å²) >= 11 is 0. The SMILES string of the molecule is Nc1nc2ncc(CNc3ccc(C(=O)NC(CCC(=O)Nc4ccc(C(=O)NC(CCC(=O)O)C(=O)O)cc4)C(=O)O)cc3)nc2c(=O)[nH]1. The lowest BCUT2D eigenvalue weighted by atomic mass is 10.1. The Hall–Kier alpha value is -6.92. The van der Waals surface area contributed by atoms with Gasteiger partial charge in [0.2, 0.25) is 11.9 Å². The predicted molar refractivity (Wildman–Crippen MR) is 175 cm³/mol. The van der Waals surface area contributed by atoms with E-state index in [1.807, 2.05) is 0 Å². The zero-order valence-corrected chi connectivity index (χ0v) is 26.0. The molecule has 2 aromatic carbocycles. The van der Waals surface area contributed by atoms with Gasteiger partial charge in [0, 0.05) is 35.3 Å². The standard InChI is InChI=1S/C31H31N9O10/c32-31-39-25-24(28(46)40-31)36-19(14-34-25)13-33-17-5-1-15(2-6-17)26(44)37-20(29(47)48)9-11-22(41)35-18-7-3-16(4-8-18)27(45)38-21(30(49)50)10-12-23(42)43/h1-8,14,20-21,33H,9-13H2,(H,35,41)(H,37,44)(H,38,45)(H,42,43)(H,47,48)(H,49,50)(H3,32,34,39,40,46). The maximum atomic E-state index is 12.8. The number of benzene rings is 2. The fourth-order valence-corrected chi connectivity index (χ4v) is 4.46. The molecule has 0 aliphatic heterocycles. The number of nitrogens with one attached hydrogen (secondary N) is 5. The normalized spacial score (nSPS) is 11.9. The summed E-state index contributed by atoms with van der Waals surface area (Å²) in [5.41, 5.74) is 6.62. The molecule has 0 aliphatic carbocycles. The van der Waals surface area contributed by atoms with Gasteiger partial charge in [-0.2, -0.15) is 4.98 Å². The van der Waals surface area contributed by atoms with E-state index in [1.165, 1.54) is 42.6 Å². The van der Waals surface area contributed by atoms with Crippen LogP contribution in [0.15, 0.2) is 59.5 Å². The average Bonchev–Trinajstić information content (AvgIpc) is 3.07. The Kier molecular flexibility index (Phi) is 11.7. The van der Waals surface area contributed by atoms with Crippen LogP contribution in [0.2, 0.25) is 0 Å². The van der Waals surface area contributed by atoms with E-state index >= 15 is 0 Å². The van der Waals surface area contributed by atoms with Crippen molar-refractivity contribution in [2.45, 2.75) is 44.3 Å². The molecule has 3 amide bonds. The Bertz CT molecular complexity index is 1980. The molecule has 2 unspecified atom stereocenters. The number of fused-ring (bicyclic) bond motifs is 1. The second kappa shape index (κ2) is 16.3. The number of H-pyrrole nitrogens is 1. The van der Waals surface area contributed by atoms with Crippen molar-refractivity contribution in [3.8, 4) is 0 Å². The number of nitrogens with zero attached hydrogens (tertiary/aromatic N) is 3. The third kappa shape index (κ3) is 10.0. The lowest BCUT2D eigenvalue weighted by Gasteiger charge is -2.15. The molecule has 0 fully saturated rings. The van der Waals surface area contributed by atoms with E-state index in [9.17, 15) is 43.8 Å². The van der Waals surface area contributed by atoms with Crippen molar-refractivity contribution in [1.29, 1.82) is 0 Å². The van der Waals surface area contributed by atoms with Gasteiger partial charge in [0.15, 0.2) is 11.2 Å². The number of aromatic amines is 1. The summed E-state index contributed by atoms with van der Waals surface area (Å²) in [5.74, 6) is -6.04. The molecule has 0 bridgehead atoms. The zero-order chi connectivity index (χ0) is 36.4. The fraction of sp³-hybridized carbons (Fsp3) is 0.226. The lowest BCUT2D eigenvalue weighted by Crippen LogP contribution is -2.41. The van der Waals surface area contributed by atoms with E-state index in [0.717, 1.165) is 0 Å². The van der Waals surface area contributed by atoms with Crippen molar-refractivity contribution in [1.82, 2.24) is 30.6 Å². The molecule has 0 saturated heterocycles. The smallest absolute Gasteiger partial charge is 0.326 e. The number of nitrogens with two attached hydrogens (primary N) is 1. The number of hydrogen-bond donors (Lipinski definition) is 9. The maximum Gasteiger partial charge on any atom is 0.326 e. The van der Waals surface area contributed by atoms with Crippen molar-refractivity contribution in [2.24, 2.45) is 0 Å². The van der Waals surface area contributed by atoms with E-state index in [-0.39, 0.29) is 59.7 Å². The van der Waals surface area contributed by atoms with Crippen LogP contribution in [0.5, 0.6) is 0 Å². The van der Waals surface area contributed by atoms with Crippen molar-refractivity contribution < 1.29 is 44.1 Å². The van der Waals surface area contributed by atoms with Crippen LogP contribution in [0, 0.1) is 0 Å². The van der Waals surface area contributed by atoms with Crippen LogP contribution < -0.4 is 32.6 Å². The average molecular weight is 690 g/mol. The van der Waals surface area contributed by atoms with Gasteiger partial charge < -0.3 is 42.3 Å². The van der Waals surface area contributed by atoms with Crippen LogP contribution >= 0.6 is 0 Å². The Morgan fingerprint density at radius 2 is 1.30 bits per heavy atom. The summed E-state index contributed by atoms with van der Waals surface area (Å²) < 4.78 is 0. The van der Waals surface area contributed by atoms with Crippen LogP contribution in [-0.2, 0) is 25.7 Å². The fourth-order valence-electron chi connectivity index (χ4n) is 4.46. The van der Waals surface area contributed by atoms with E-state index in [2.05, 4.69) is 41.2 Å². The zero-order valence-electron chi connectivity index (χ0n) is 26.0. The first-order valence-electron chi connectivity index (χ1n) is 14.8. The molecule has 10 N–H and O–H groups in total. The molecule has 2 aromatic heterocycles. The highest BCUT2D eigenvalue weighted by molar-refractivity contribution is 5.98. The Morgan fingerprint density at radius 3 is 1.84 bits per heavy atom. The van der Waals surface area contributed by atoms with Gasteiger partial charge in [0.1, 0.15) is 12.1 Å². The second-order valence-electron chi connectivity index (χ2n) is 10.7.